The van der Waals surface area contributed by atoms with E-state index in [1.54, 1.807) is 0 Å². The van der Waals surface area contributed by atoms with Crippen LogP contribution in [0.3, 0.4) is 0 Å². The molecule has 0 radical (unpaired) electrons. The number of hydrogen-bond donors (Lipinski definition) is 1. The molecule has 5 aromatic rings. The summed E-state index contributed by atoms with van der Waals surface area (Å²) in [6, 6.07) is 43.2. The molecule has 2 N–H and O–H groups in total. The first-order chi connectivity index (χ1) is 18.5. The summed E-state index contributed by atoms with van der Waals surface area (Å²) < 4.78 is 0. The average molecular weight is 496 g/mol. The second kappa shape index (κ2) is 9.51. The lowest BCUT2D eigenvalue weighted by molar-refractivity contribution is 0.625. The van der Waals surface area contributed by atoms with Gasteiger partial charge in [0.2, 0.25) is 0 Å². The topological polar surface area (TPSA) is 32.5 Å². The number of para-hydroxylation sites is 2. The Morgan fingerprint density at radius 2 is 1.11 bits per heavy atom. The zero-order valence-electron chi connectivity index (χ0n) is 22.2. The van der Waals surface area contributed by atoms with Gasteiger partial charge in [0.1, 0.15) is 0 Å². The van der Waals surface area contributed by atoms with Crippen molar-refractivity contribution < 1.29 is 0 Å². The fourth-order valence-electron chi connectivity index (χ4n) is 5.62. The predicted octanol–water partition coefficient (Wildman–Crippen LogP) is 9.04. The summed E-state index contributed by atoms with van der Waals surface area (Å²) in [5, 5.41) is 1.85. The molecule has 1 heterocycles. The van der Waals surface area contributed by atoms with Crippen LogP contribution < -0.4 is 15.8 Å². The zero-order valence-corrected chi connectivity index (χ0v) is 22.2. The lowest BCUT2D eigenvalue weighted by Crippen LogP contribution is -2.37. The Bertz CT molecular complexity index is 1530. The number of fused-ring (bicyclic) bond motifs is 2. The molecule has 0 atom stereocenters. The van der Waals surface area contributed by atoms with E-state index in [1.165, 1.54) is 27.8 Å². The fourth-order valence-corrected chi connectivity index (χ4v) is 5.62. The van der Waals surface area contributed by atoms with Crippen molar-refractivity contribution in [2.24, 2.45) is 5.84 Å². The Hall–Kier alpha value is -4.34. The second-order valence-corrected chi connectivity index (χ2v) is 10.5. The van der Waals surface area contributed by atoms with Crippen molar-refractivity contribution in [3.05, 3.63) is 138 Å². The van der Waals surface area contributed by atoms with Gasteiger partial charge in [0.25, 0.3) is 0 Å². The first-order valence-corrected chi connectivity index (χ1v) is 13.3. The molecule has 0 amide bonds. The standard InChI is InChI=1S/C35H33N3/c1-4-25-15-21-33-31(23-25)35(2,3)32-24-27(18-22-34(32)38(33)36)26-16-19-30(20-17-26)37(28-11-7-5-8-12-28)29-13-9-6-10-14-29/h5-24H,4,36H2,1-3H3. The van der Waals surface area contributed by atoms with Crippen LogP contribution in [-0.4, -0.2) is 0 Å². The van der Waals surface area contributed by atoms with Gasteiger partial charge in [-0.05, 0) is 88.8 Å². The predicted molar refractivity (Wildman–Crippen MR) is 161 cm³/mol. The quantitative estimate of drug-likeness (QED) is 0.247. The van der Waals surface area contributed by atoms with Crippen LogP contribution in [0.2, 0.25) is 0 Å². The Labute approximate surface area is 225 Å². The third-order valence-corrected chi connectivity index (χ3v) is 7.82. The maximum Gasteiger partial charge on any atom is 0.0616 e. The van der Waals surface area contributed by atoms with Gasteiger partial charge in [0.05, 0.1) is 11.4 Å². The van der Waals surface area contributed by atoms with Crippen LogP contribution in [0.5, 0.6) is 0 Å². The van der Waals surface area contributed by atoms with Crippen LogP contribution in [-0.2, 0) is 11.8 Å². The number of hydrazine groups is 1. The minimum Gasteiger partial charge on any atom is -0.311 e. The molecular formula is C35H33N3. The molecule has 0 aromatic heterocycles. The molecule has 38 heavy (non-hydrogen) atoms. The number of benzene rings is 5. The molecule has 3 nitrogen and oxygen atoms in total. The highest BCUT2D eigenvalue weighted by atomic mass is 15.4. The SMILES string of the molecule is CCc1ccc2c(c1)C(C)(C)c1cc(-c3ccc(N(c4ccccc4)c4ccccc4)cc3)ccc1N2N. The summed E-state index contributed by atoms with van der Waals surface area (Å²) in [7, 11) is 0. The van der Waals surface area contributed by atoms with Gasteiger partial charge in [-0.2, -0.15) is 0 Å². The number of hydrogen-bond acceptors (Lipinski definition) is 3. The maximum absolute atomic E-state index is 6.65. The Morgan fingerprint density at radius 1 is 0.605 bits per heavy atom. The number of rotatable bonds is 5. The normalized spacial score (nSPS) is 13.5. The molecule has 6 rings (SSSR count). The van der Waals surface area contributed by atoms with Gasteiger partial charge in [-0.3, -0.25) is 5.01 Å². The van der Waals surface area contributed by atoms with Crippen molar-refractivity contribution in [1.29, 1.82) is 0 Å². The molecule has 0 saturated carbocycles. The Balaban J connectivity index is 1.39. The molecule has 5 aromatic carbocycles. The van der Waals surface area contributed by atoms with Crippen molar-refractivity contribution >= 4 is 28.4 Å². The smallest absolute Gasteiger partial charge is 0.0616 e. The molecule has 0 bridgehead atoms. The molecule has 1 aliphatic heterocycles. The number of anilines is 5. The monoisotopic (exact) mass is 495 g/mol. The van der Waals surface area contributed by atoms with Crippen LogP contribution in [0.1, 0.15) is 37.5 Å². The zero-order chi connectivity index (χ0) is 26.3. The minimum absolute atomic E-state index is 0.154. The highest BCUT2D eigenvalue weighted by Gasteiger charge is 2.35. The molecule has 0 fully saturated rings. The average Bonchev–Trinajstić information content (AvgIpc) is 2.97. The molecule has 0 aliphatic carbocycles. The van der Waals surface area contributed by atoms with E-state index in [9.17, 15) is 0 Å². The van der Waals surface area contributed by atoms with Crippen molar-refractivity contribution in [2.75, 3.05) is 9.91 Å². The highest BCUT2D eigenvalue weighted by Crippen LogP contribution is 2.49. The van der Waals surface area contributed by atoms with Gasteiger partial charge in [0, 0.05) is 22.5 Å². The maximum atomic E-state index is 6.65. The van der Waals surface area contributed by atoms with E-state index in [1.807, 2.05) is 5.01 Å². The number of nitrogens with two attached hydrogens (primary N) is 1. The van der Waals surface area contributed by atoms with Gasteiger partial charge in [0.15, 0.2) is 0 Å². The first-order valence-electron chi connectivity index (χ1n) is 13.3. The molecule has 3 heteroatoms. The van der Waals surface area contributed by atoms with E-state index in [0.717, 1.165) is 34.9 Å². The Morgan fingerprint density at radius 3 is 1.68 bits per heavy atom. The highest BCUT2D eigenvalue weighted by molar-refractivity contribution is 5.82. The van der Waals surface area contributed by atoms with Crippen LogP contribution in [0.25, 0.3) is 11.1 Å². The lowest BCUT2D eigenvalue weighted by Gasteiger charge is -2.40. The third kappa shape index (κ3) is 4.06. The summed E-state index contributed by atoms with van der Waals surface area (Å²) in [6.45, 7) is 6.81. The van der Waals surface area contributed by atoms with Gasteiger partial charge in [-0.15, -0.1) is 0 Å². The minimum atomic E-state index is -0.154. The van der Waals surface area contributed by atoms with Gasteiger partial charge in [-0.1, -0.05) is 87.5 Å². The van der Waals surface area contributed by atoms with Gasteiger partial charge in [-0.25, -0.2) is 5.84 Å². The molecular weight excluding hydrogens is 462 g/mol. The van der Waals surface area contributed by atoms with Crippen molar-refractivity contribution in [2.45, 2.75) is 32.6 Å². The summed E-state index contributed by atoms with van der Waals surface area (Å²) in [4.78, 5) is 2.29. The number of aryl methyl sites for hydroxylation is 1. The van der Waals surface area contributed by atoms with Gasteiger partial charge < -0.3 is 4.90 Å². The van der Waals surface area contributed by atoms with Crippen LogP contribution in [0.4, 0.5) is 28.4 Å². The first kappa shape index (κ1) is 24.0. The van der Waals surface area contributed by atoms with E-state index in [-0.39, 0.29) is 5.41 Å². The summed E-state index contributed by atoms with van der Waals surface area (Å²) in [5.41, 5.74) is 11.6. The summed E-state index contributed by atoms with van der Waals surface area (Å²) in [5.74, 6) is 6.65. The van der Waals surface area contributed by atoms with Crippen molar-refractivity contribution in [3.8, 4) is 11.1 Å². The van der Waals surface area contributed by atoms with Gasteiger partial charge >= 0.3 is 0 Å². The van der Waals surface area contributed by atoms with E-state index in [2.05, 4.69) is 147 Å². The molecule has 1 aliphatic rings. The summed E-state index contributed by atoms with van der Waals surface area (Å²) in [6.07, 6.45) is 1.01. The molecule has 0 unspecified atom stereocenters. The van der Waals surface area contributed by atoms with E-state index >= 15 is 0 Å². The van der Waals surface area contributed by atoms with Crippen LogP contribution in [0.15, 0.2) is 121 Å². The van der Waals surface area contributed by atoms with E-state index in [0.29, 0.717) is 0 Å². The van der Waals surface area contributed by atoms with Crippen LogP contribution in [0, 0.1) is 0 Å². The Kier molecular flexibility index (Phi) is 6.01. The molecule has 188 valence electrons. The lowest BCUT2D eigenvalue weighted by atomic mass is 9.73. The molecule has 0 saturated heterocycles. The van der Waals surface area contributed by atoms with Crippen molar-refractivity contribution in [1.82, 2.24) is 0 Å². The second-order valence-electron chi connectivity index (χ2n) is 10.5. The van der Waals surface area contributed by atoms with E-state index in [4.69, 9.17) is 5.84 Å². The fraction of sp³-hybridized carbons (Fsp3) is 0.143. The largest absolute Gasteiger partial charge is 0.311 e. The number of nitrogens with zero attached hydrogens (tertiary/aromatic N) is 2. The molecule has 0 spiro atoms. The van der Waals surface area contributed by atoms with Crippen molar-refractivity contribution in [3.63, 3.8) is 0 Å². The third-order valence-electron chi connectivity index (χ3n) is 7.82. The summed E-state index contributed by atoms with van der Waals surface area (Å²) >= 11 is 0. The van der Waals surface area contributed by atoms with Crippen LogP contribution >= 0.6 is 0 Å². The van der Waals surface area contributed by atoms with E-state index < -0.39 is 0 Å².